The van der Waals surface area contributed by atoms with E-state index < -0.39 is 0 Å². The lowest BCUT2D eigenvalue weighted by molar-refractivity contribution is 0.153. The summed E-state index contributed by atoms with van der Waals surface area (Å²) in [4.78, 5) is 3.70. The van der Waals surface area contributed by atoms with Gasteiger partial charge < -0.3 is 9.84 Å². The third-order valence-electron chi connectivity index (χ3n) is 4.68. The van der Waals surface area contributed by atoms with Crippen molar-refractivity contribution >= 4 is 27.7 Å². The van der Waals surface area contributed by atoms with Gasteiger partial charge in [0.2, 0.25) is 0 Å². The summed E-state index contributed by atoms with van der Waals surface area (Å²) in [5.41, 5.74) is 2.52. The largest absolute Gasteiger partial charge is 0.496 e. The first-order valence-corrected chi connectivity index (χ1v) is 10.4. The molecule has 0 spiro atoms. The topological polar surface area (TPSA) is 32.7 Å². The fourth-order valence-electron chi connectivity index (χ4n) is 3.32. The molecular weight excluding hydrogens is 398 g/mol. The van der Waals surface area contributed by atoms with Gasteiger partial charge in [0.05, 0.1) is 13.7 Å². The van der Waals surface area contributed by atoms with Crippen molar-refractivity contribution in [2.75, 3.05) is 20.3 Å². The highest BCUT2D eigenvalue weighted by atomic mass is 79.9. The quantitative estimate of drug-likeness (QED) is 0.656. The van der Waals surface area contributed by atoms with Crippen LogP contribution in [-0.4, -0.2) is 36.3 Å². The summed E-state index contributed by atoms with van der Waals surface area (Å²) in [6.45, 7) is 2.23. The molecule has 1 heterocycles. The van der Waals surface area contributed by atoms with Gasteiger partial charge in [0.25, 0.3) is 0 Å². The Morgan fingerprint density at radius 2 is 2.08 bits per heavy atom. The van der Waals surface area contributed by atoms with E-state index in [9.17, 15) is 5.11 Å². The van der Waals surface area contributed by atoms with Crippen molar-refractivity contribution in [3.05, 3.63) is 58.1 Å². The molecule has 1 saturated heterocycles. The van der Waals surface area contributed by atoms with Crippen LogP contribution in [0.4, 0.5) is 0 Å². The van der Waals surface area contributed by atoms with Crippen molar-refractivity contribution in [1.29, 1.82) is 0 Å². The van der Waals surface area contributed by atoms with Crippen LogP contribution in [0.5, 0.6) is 5.75 Å². The molecule has 2 aromatic rings. The number of nitrogens with zero attached hydrogens (tertiary/aromatic N) is 1. The molecule has 1 unspecified atom stereocenters. The number of hydrogen-bond acceptors (Lipinski definition) is 4. The van der Waals surface area contributed by atoms with Gasteiger partial charge in [-0.3, -0.25) is 4.90 Å². The molecule has 0 bridgehead atoms. The number of ether oxygens (including phenoxy) is 1. The van der Waals surface area contributed by atoms with Crippen LogP contribution in [0.1, 0.15) is 24.0 Å². The van der Waals surface area contributed by atoms with E-state index >= 15 is 0 Å². The van der Waals surface area contributed by atoms with Crippen molar-refractivity contribution in [3.8, 4) is 5.75 Å². The average molecular weight is 422 g/mol. The lowest BCUT2D eigenvalue weighted by atomic mass is 10.2. The smallest absolute Gasteiger partial charge is 0.122 e. The molecule has 1 fully saturated rings. The van der Waals surface area contributed by atoms with Crippen molar-refractivity contribution in [2.24, 2.45) is 0 Å². The fourth-order valence-corrected chi connectivity index (χ4v) is 4.76. The Balaban J connectivity index is 1.72. The van der Waals surface area contributed by atoms with Gasteiger partial charge in [-0.1, -0.05) is 34.1 Å². The number of hydrogen-bond donors (Lipinski definition) is 1. The molecule has 25 heavy (non-hydrogen) atoms. The molecule has 5 heteroatoms. The van der Waals surface area contributed by atoms with E-state index in [2.05, 4.69) is 51.2 Å². The Labute approximate surface area is 162 Å². The van der Waals surface area contributed by atoms with Crippen LogP contribution in [0.25, 0.3) is 0 Å². The van der Waals surface area contributed by atoms with Crippen LogP contribution in [-0.2, 0) is 12.3 Å². The molecule has 3 nitrogen and oxygen atoms in total. The lowest BCUT2D eigenvalue weighted by Gasteiger charge is -2.23. The molecule has 1 N–H and O–H groups in total. The van der Waals surface area contributed by atoms with Crippen molar-refractivity contribution in [2.45, 2.75) is 36.1 Å². The van der Waals surface area contributed by atoms with E-state index in [1.807, 2.05) is 23.9 Å². The predicted octanol–water partition coefficient (Wildman–Crippen LogP) is 4.71. The minimum atomic E-state index is 0.255. The van der Waals surface area contributed by atoms with E-state index in [-0.39, 0.29) is 6.61 Å². The number of halogens is 1. The Kier molecular flexibility index (Phi) is 6.82. The second-order valence-corrected chi connectivity index (χ2v) is 8.23. The molecule has 1 atom stereocenters. The minimum Gasteiger partial charge on any atom is -0.496 e. The molecule has 0 aromatic heterocycles. The number of thioether (sulfide) groups is 1. The van der Waals surface area contributed by atoms with Gasteiger partial charge in [-0.2, -0.15) is 0 Å². The summed E-state index contributed by atoms with van der Waals surface area (Å²) in [6.07, 6.45) is 2.27. The Morgan fingerprint density at radius 3 is 2.88 bits per heavy atom. The first kappa shape index (κ1) is 18.8. The maximum atomic E-state index is 9.55. The summed E-state index contributed by atoms with van der Waals surface area (Å²) < 4.78 is 6.55. The molecule has 0 amide bonds. The highest BCUT2D eigenvalue weighted by molar-refractivity contribution is 9.10. The van der Waals surface area contributed by atoms with E-state index in [0.717, 1.165) is 35.5 Å². The Bertz CT molecular complexity index is 710. The van der Waals surface area contributed by atoms with Crippen LogP contribution in [0.15, 0.2) is 51.8 Å². The zero-order valence-electron chi connectivity index (χ0n) is 14.5. The molecule has 0 saturated carbocycles. The summed E-state index contributed by atoms with van der Waals surface area (Å²) in [6, 6.07) is 15.0. The van der Waals surface area contributed by atoms with Crippen molar-refractivity contribution in [1.82, 2.24) is 4.90 Å². The molecule has 1 aliphatic rings. The van der Waals surface area contributed by atoms with Crippen molar-refractivity contribution in [3.63, 3.8) is 0 Å². The first-order chi connectivity index (χ1) is 12.2. The molecule has 1 aliphatic heterocycles. The molecule has 0 radical (unpaired) electrons. The second-order valence-electron chi connectivity index (χ2n) is 6.30. The lowest BCUT2D eigenvalue weighted by Crippen LogP contribution is -2.31. The first-order valence-electron chi connectivity index (χ1n) is 8.59. The Hall–Kier alpha value is -1.01. The number of likely N-dealkylation sites (tertiary alicyclic amines) is 1. The minimum absolute atomic E-state index is 0.255. The standard InChI is InChI=1S/C20H24BrNO2S/c1-24-19-9-8-17(21)11-16(19)14-25-20-7-3-2-5-15(20)12-22-10-4-6-18(22)13-23/h2-3,5,7-9,11,18,23H,4,6,10,12-14H2,1H3. The van der Waals surface area contributed by atoms with E-state index in [0.29, 0.717) is 6.04 Å². The van der Waals surface area contributed by atoms with Gasteiger partial charge in [-0.05, 0) is 49.2 Å². The van der Waals surface area contributed by atoms with Crippen LogP contribution < -0.4 is 4.74 Å². The van der Waals surface area contributed by atoms with E-state index in [1.54, 1.807) is 7.11 Å². The summed E-state index contributed by atoms with van der Waals surface area (Å²) in [7, 11) is 1.72. The molecular formula is C20H24BrNO2S. The Morgan fingerprint density at radius 1 is 1.24 bits per heavy atom. The number of aliphatic hydroxyl groups is 1. The highest BCUT2D eigenvalue weighted by Crippen LogP contribution is 2.33. The van der Waals surface area contributed by atoms with Crippen molar-refractivity contribution < 1.29 is 9.84 Å². The maximum Gasteiger partial charge on any atom is 0.122 e. The van der Waals surface area contributed by atoms with Crippen LogP contribution in [0, 0.1) is 0 Å². The van der Waals surface area contributed by atoms with Gasteiger partial charge in [0.15, 0.2) is 0 Å². The third kappa shape index (κ3) is 4.79. The molecule has 0 aliphatic carbocycles. The highest BCUT2D eigenvalue weighted by Gasteiger charge is 2.24. The van der Waals surface area contributed by atoms with Gasteiger partial charge in [-0.15, -0.1) is 11.8 Å². The zero-order chi connectivity index (χ0) is 17.6. The van der Waals surface area contributed by atoms with Crippen LogP contribution in [0.3, 0.4) is 0 Å². The summed E-state index contributed by atoms with van der Waals surface area (Å²) >= 11 is 5.38. The number of methoxy groups -OCH3 is 1. The van der Waals surface area contributed by atoms with Gasteiger partial charge >= 0.3 is 0 Å². The molecule has 2 aromatic carbocycles. The number of rotatable bonds is 7. The normalized spacial score (nSPS) is 17.8. The predicted molar refractivity (Wildman–Crippen MR) is 107 cm³/mol. The molecule has 3 rings (SSSR count). The second kappa shape index (κ2) is 9.08. The number of benzene rings is 2. The average Bonchev–Trinajstić information content (AvgIpc) is 3.08. The molecule has 134 valence electrons. The van der Waals surface area contributed by atoms with E-state index in [4.69, 9.17) is 4.74 Å². The zero-order valence-corrected chi connectivity index (χ0v) is 16.9. The van der Waals surface area contributed by atoms with Gasteiger partial charge in [0.1, 0.15) is 5.75 Å². The van der Waals surface area contributed by atoms with Gasteiger partial charge in [0, 0.05) is 33.3 Å². The summed E-state index contributed by atoms with van der Waals surface area (Å²) in [5.74, 6) is 1.79. The van der Waals surface area contributed by atoms with E-state index in [1.165, 1.54) is 22.4 Å². The number of aliphatic hydroxyl groups excluding tert-OH is 1. The van der Waals surface area contributed by atoms with Gasteiger partial charge in [-0.25, -0.2) is 0 Å². The monoisotopic (exact) mass is 421 g/mol. The SMILES string of the molecule is COc1ccc(Br)cc1CSc1ccccc1CN1CCCC1CO. The maximum absolute atomic E-state index is 9.55. The summed E-state index contributed by atoms with van der Waals surface area (Å²) in [5, 5.41) is 9.55. The van der Waals surface area contributed by atoms with Crippen LogP contribution in [0.2, 0.25) is 0 Å². The fraction of sp³-hybridized carbons (Fsp3) is 0.400. The third-order valence-corrected chi connectivity index (χ3v) is 6.34. The van der Waals surface area contributed by atoms with Crippen LogP contribution >= 0.6 is 27.7 Å².